The van der Waals surface area contributed by atoms with Crippen LogP contribution >= 0.6 is 11.6 Å². The van der Waals surface area contributed by atoms with Crippen LogP contribution in [0, 0.1) is 10.1 Å². The number of amides is 3. The lowest BCUT2D eigenvalue weighted by molar-refractivity contribution is -0.385. The summed E-state index contributed by atoms with van der Waals surface area (Å²) in [5, 5.41) is 18.7. The molecule has 2 aromatic rings. The first kappa shape index (κ1) is 17.2. The van der Waals surface area contributed by atoms with Gasteiger partial charge in [-0.15, -0.1) is 0 Å². The minimum atomic E-state index is -0.669. The molecule has 0 unspecified atom stereocenters. The number of benzene rings is 2. The molecule has 0 bridgehead atoms. The summed E-state index contributed by atoms with van der Waals surface area (Å²) in [6.07, 6.45) is 0. The van der Waals surface area contributed by atoms with Crippen molar-refractivity contribution < 1.29 is 14.5 Å². The van der Waals surface area contributed by atoms with Crippen molar-refractivity contribution in [3.8, 4) is 0 Å². The van der Waals surface area contributed by atoms with E-state index in [1.165, 1.54) is 19.2 Å². The molecular formula is C15H13ClN4O4. The predicted molar refractivity (Wildman–Crippen MR) is 90.6 cm³/mol. The molecule has 0 saturated heterocycles. The summed E-state index contributed by atoms with van der Waals surface area (Å²) in [5.41, 5.74) is 0.478. The van der Waals surface area contributed by atoms with E-state index in [1.807, 2.05) is 0 Å². The van der Waals surface area contributed by atoms with Crippen LogP contribution in [0.4, 0.5) is 21.9 Å². The van der Waals surface area contributed by atoms with Gasteiger partial charge < -0.3 is 16.0 Å². The highest BCUT2D eigenvalue weighted by Gasteiger charge is 2.20. The molecule has 0 spiro atoms. The number of nitrogens with zero attached hydrogens (tertiary/aromatic N) is 1. The van der Waals surface area contributed by atoms with Gasteiger partial charge >= 0.3 is 6.03 Å². The molecule has 0 aromatic heterocycles. The number of anilines is 2. The van der Waals surface area contributed by atoms with Crippen LogP contribution in [0.5, 0.6) is 0 Å². The van der Waals surface area contributed by atoms with Crippen LogP contribution < -0.4 is 16.0 Å². The monoisotopic (exact) mass is 348 g/mol. The molecule has 124 valence electrons. The highest BCUT2D eigenvalue weighted by molar-refractivity contribution is 6.31. The number of hydrogen-bond donors (Lipinski definition) is 3. The Morgan fingerprint density at radius 2 is 1.62 bits per heavy atom. The molecule has 0 atom stereocenters. The standard InChI is InChI=1S/C15H13ClN4O4/c1-17-15(22)19-11-5-3-10(4-6-11)18-14(21)12-7-2-9(16)8-13(12)20(23)24/h2-8H,1H3,(H,18,21)(H2,17,19,22). The second-order valence-electron chi connectivity index (χ2n) is 4.65. The third-order valence-electron chi connectivity index (χ3n) is 3.03. The molecule has 2 rings (SSSR count). The minimum Gasteiger partial charge on any atom is -0.341 e. The van der Waals surface area contributed by atoms with Gasteiger partial charge in [0.2, 0.25) is 0 Å². The lowest BCUT2D eigenvalue weighted by Crippen LogP contribution is -2.24. The first-order valence-electron chi connectivity index (χ1n) is 6.75. The first-order chi connectivity index (χ1) is 11.4. The number of carbonyl (C=O) groups excluding carboxylic acids is 2. The van der Waals surface area contributed by atoms with E-state index in [-0.39, 0.29) is 22.3 Å². The summed E-state index contributed by atoms with van der Waals surface area (Å²) in [4.78, 5) is 33.8. The Balaban J connectivity index is 2.15. The summed E-state index contributed by atoms with van der Waals surface area (Å²) in [6, 6.07) is 9.73. The van der Waals surface area contributed by atoms with E-state index in [2.05, 4.69) is 16.0 Å². The van der Waals surface area contributed by atoms with Crippen LogP contribution in [0.2, 0.25) is 5.02 Å². The molecule has 24 heavy (non-hydrogen) atoms. The summed E-state index contributed by atoms with van der Waals surface area (Å²) >= 11 is 5.72. The van der Waals surface area contributed by atoms with Gasteiger partial charge in [-0.25, -0.2) is 4.79 Å². The molecule has 0 saturated carbocycles. The van der Waals surface area contributed by atoms with Gasteiger partial charge in [0.1, 0.15) is 5.56 Å². The van der Waals surface area contributed by atoms with Gasteiger partial charge in [0.05, 0.1) is 4.92 Å². The minimum absolute atomic E-state index is 0.100. The second kappa shape index (κ2) is 7.42. The van der Waals surface area contributed by atoms with E-state index in [9.17, 15) is 19.7 Å². The molecule has 0 aliphatic rings. The van der Waals surface area contributed by atoms with Gasteiger partial charge in [0.25, 0.3) is 11.6 Å². The third-order valence-corrected chi connectivity index (χ3v) is 3.26. The Morgan fingerprint density at radius 3 is 2.17 bits per heavy atom. The molecule has 0 heterocycles. The van der Waals surface area contributed by atoms with Crippen molar-refractivity contribution in [2.75, 3.05) is 17.7 Å². The van der Waals surface area contributed by atoms with Crippen molar-refractivity contribution >= 4 is 40.6 Å². The van der Waals surface area contributed by atoms with Crippen LogP contribution in [0.15, 0.2) is 42.5 Å². The second-order valence-corrected chi connectivity index (χ2v) is 5.09. The Kier molecular flexibility index (Phi) is 5.33. The molecule has 3 N–H and O–H groups in total. The first-order valence-corrected chi connectivity index (χ1v) is 7.12. The Hall–Kier alpha value is -3.13. The van der Waals surface area contributed by atoms with E-state index >= 15 is 0 Å². The largest absolute Gasteiger partial charge is 0.341 e. The van der Waals surface area contributed by atoms with Crippen LogP contribution in [0.3, 0.4) is 0 Å². The van der Waals surface area contributed by atoms with Crippen molar-refractivity contribution in [3.05, 3.63) is 63.2 Å². The van der Waals surface area contributed by atoms with Gasteiger partial charge in [-0.3, -0.25) is 14.9 Å². The van der Waals surface area contributed by atoms with E-state index in [1.54, 1.807) is 24.3 Å². The number of nitro groups is 1. The average Bonchev–Trinajstić information content (AvgIpc) is 2.56. The third kappa shape index (κ3) is 4.20. The van der Waals surface area contributed by atoms with Crippen molar-refractivity contribution in [1.82, 2.24) is 5.32 Å². The zero-order chi connectivity index (χ0) is 17.7. The van der Waals surface area contributed by atoms with Crippen molar-refractivity contribution in [3.63, 3.8) is 0 Å². The summed E-state index contributed by atoms with van der Waals surface area (Å²) in [7, 11) is 1.49. The maximum Gasteiger partial charge on any atom is 0.318 e. The Bertz CT molecular complexity index is 793. The van der Waals surface area contributed by atoms with Crippen molar-refractivity contribution in [1.29, 1.82) is 0 Å². The van der Waals surface area contributed by atoms with Crippen LogP contribution in [-0.2, 0) is 0 Å². The van der Waals surface area contributed by atoms with Gasteiger partial charge in [-0.05, 0) is 36.4 Å². The smallest absolute Gasteiger partial charge is 0.318 e. The normalized spacial score (nSPS) is 9.92. The summed E-state index contributed by atoms with van der Waals surface area (Å²) in [6.45, 7) is 0. The topological polar surface area (TPSA) is 113 Å². The average molecular weight is 349 g/mol. The molecule has 0 radical (unpaired) electrons. The van der Waals surface area contributed by atoms with Gasteiger partial charge in [0, 0.05) is 29.5 Å². The molecule has 8 nitrogen and oxygen atoms in total. The fourth-order valence-corrected chi connectivity index (χ4v) is 2.04. The van der Waals surface area contributed by atoms with Gasteiger partial charge in [-0.2, -0.15) is 0 Å². The molecule has 9 heteroatoms. The molecule has 3 amide bonds. The van der Waals surface area contributed by atoms with Crippen molar-refractivity contribution in [2.45, 2.75) is 0 Å². The lowest BCUT2D eigenvalue weighted by Gasteiger charge is -2.08. The van der Waals surface area contributed by atoms with Crippen LogP contribution in [0.1, 0.15) is 10.4 Å². The molecule has 0 aliphatic heterocycles. The van der Waals surface area contributed by atoms with Gasteiger partial charge in [0.15, 0.2) is 0 Å². The fraction of sp³-hybridized carbons (Fsp3) is 0.0667. The quantitative estimate of drug-likeness (QED) is 0.581. The maximum absolute atomic E-state index is 12.2. The highest BCUT2D eigenvalue weighted by Crippen LogP contribution is 2.24. The number of nitrogens with one attached hydrogen (secondary N) is 3. The van der Waals surface area contributed by atoms with Gasteiger partial charge in [-0.1, -0.05) is 11.6 Å². The number of hydrogen-bond acceptors (Lipinski definition) is 4. The number of halogens is 1. The van der Waals surface area contributed by atoms with E-state index in [4.69, 9.17) is 11.6 Å². The summed E-state index contributed by atoms with van der Waals surface area (Å²) in [5.74, 6) is -0.634. The Labute approximate surface area is 142 Å². The fourth-order valence-electron chi connectivity index (χ4n) is 1.88. The maximum atomic E-state index is 12.2. The Morgan fingerprint density at radius 1 is 1.04 bits per heavy atom. The zero-order valence-electron chi connectivity index (χ0n) is 12.5. The van der Waals surface area contributed by atoms with Crippen LogP contribution in [-0.4, -0.2) is 23.9 Å². The lowest BCUT2D eigenvalue weighted by atomic mass is 10.1. The molecule has 0 aliphatic carbocycles. The predicted octanol–water partition coefficient (Wildman–Crippen LogP) is 3.25. The van der Waals surface area contributed by atoms with E-state index in [0.717, 1.165) is 6.07 Å². The number of rotatable bonds is 4. The molecular weight excluding hydrogens is 336 g/mol. The van der Waals surface area contributed by atoms with Crippen molar-refractivity contribution in [2.24, 2.45) is 0 Å². The molecule has 0 fully saturated rings. The molecule has 2 aromatic carbocycles. The zero-order valence-corrected chi connectivity index (χ0v) is 13.3. The van der Waals surface area contributed by atoms with Crippen LogP contribution in [0.25, 0.3) is 0 Å². The number of carbonyl (C=O) groups is 2. The van der Waals surface area contributed by atoms with E-state index < -0.39 is 10.8 Å². The van der Waals surface area contributed by atoms with E-state index in [0.29, 0.717) is 11.4 Å². The summed E-state index contributed by atoms with van der Waals surface area (Å²) < 4.78 is 0. The highest BCUT2D eigenvalue weighted by atomic mass is 35.5. The number of urea groups is 1. The number of nitro benzene ring substituents is 1. The SMILES string of the molecule is CNC(=O)Nc1ccc(NC(=O)c2ccc(Cl)cc2[N+](=O)[O-])cc1.